The van der Waals surface area contributed by atoms with Crippen LogP contribution in [0.25, 0.3) is 0 Å². The number of carbonyl (C=O) groups is 1. The second-order valence-corrected chi connectivity index (χ2v) is 4.56. The van der Waals surface area contributed by atoms with Gasteiger partial charge in [-0.25, -0.2) is 0 Å². The molecule has 20 heavy (non-hydrogen) atoms. The summed E-state index contributed by atoms with van der Waals surface area (Å²) >= 11 is 0. The van der Waals surface area contributed by atoms with Crippen molar-refractivity contribution in [1.29, 1.82) is 0 Å². The minimum absolute atomic E-state index is 0.113. The van der Waals surface area contributed by atoms with E-state index < -0.39 is 31.8 Å². The van der Waals surface area contributed by atoms with Crippen LogP contribution in [0.1, 0.15) is 32.6 Å². The molecule has 0 saturated heterocycles. The van der Waals surface area contributed by atoms with Gasteiger partial charge in [0.1, 0.15) is 6.61 Å². The van der Waals surface area contributed by atoms with Gasteiger partial charge >= 0.3 is 5.97 Å². The monoisotopic (exact) mass is 292 g/mol. The molecule has 6 heteroatoms. The highest BCUT2D eigenvalue weighted by Crippen LogP contribution is 2.11. The van der Waals surface area contributed by atoms with Crippen molar-refractivity contribution < 1.29 is 30.0 Å². The van der Waals surface area contributed by atoms with Crippen LogP contribution < -0.4 is 0 Å². The van der Waals surface area contributed by atoms with Crippen LogP contribution in [0.15, 0.2) is 12.7 Å². The number of ether oxygens (including phenoxy) is 1. The molecule has 0 atom stereocenters. The number of aliphatic hydroxyl groups is 4. The molecule has 0 saturated carbocycles. The summed E-state index contributed by atoms with van der Waals surface area (Å²) in [7, 11) is 0. The van der Waals surface area contributed by atoms with Gasteiger partial charge in [0.15, 0.2) is 0 Å². The summed E-state index contributed by atoms with van der Waals surface area (Å²) in [5, 5.41) is 34.0. The normalized spacial score (nSPS) is 10.4. The van der Waals surface area contributed by atoms with E-state index in [1.54, 1.807) is 6.08 Å². The van der Waals surface area contributed by atoms with Gasteiger partial charge < -0.3 is 25.2 Å². The van der Waals surface area contributed by atoms with Crippen LogP contribution in [-0.4, -0.2) is 59.4 Å². The van der Waals surface area contributed by atoms with Crippen LogP contribution in [0.3, 0.4) is 0 Å². The molecule has 0 amide bonds. The van der Waals surface area contributed by atoms with E-state index in [4.69, 9.17) is 25.2 Å². The fourth-order valence-electron chi connectivity index (χ4n) is 1.04. The molecule has 4 N–H and O–H groups in total. The Hall–Kier alpha value is -0.950. The van der Waals surface area contributed by atoms with E-state index in [9.17, 15) is 4.79 Å². The first kappa shape index (κ1) is 21.4. The highest BCUT2D eigenvalue weighted by Gasteiger charge is 2.26. The molecule has 0 aliphatic heterocycles. The fraction of sp³-hybridized carbons (Fsp3) is 0.786. The van der Waals surface area contributed by atoms with Crippen molar-refractivity contribution in [3.63, 3.8) is 0 Å². The molecule has 0 aromatic heterocycles. The number of aliphatic hydroxyl groups excluding tert-OH is 4. The summed E-state index contributed by atoms with van der Waals surface area (Å²) in [5.41, 5.74) is -1.11. The Balaban J connectivity index is 0. The van der Waals surface area contributed by atoms with Crippen molar-refractivity contribution in [2.45, 2.75) is 32.6 Å². The number of carbonyl (C=O) groups excluding carboxylic acids is 1. The number of rotatable bonds is 10. The lowest BCUT2D eigenvalue weighted by Crippen LogP contribution is -2.37. The molecular formula is C14H28O6. The maximum absolute atomic E-state index is 10.8. The maximum atomic E-state index is 10.8. The molecule has 0 fully saturated rings. The first-order valence-electron chi connectivity index (χ1n) is 6.75. The first-order valence-corrected chi connectivity index (χ1v) is 6.75. The molecule has 0 aliphatic rings. The number of unbranched alkanes of at least 4 members (excludes halogenated alkanes) is 2. The smallest absolute Gasteiger partial charge is 0.306 e. The Morgan fingerprint density at radius 2 is 1.60 bits per heavy atom. The highest BCUT2D eigenvalue weighted by molar-refractivity contribution is 5.69. The molecule has 0 spiro atoms. The van der Waals surface area contributed by atoms with Gasteiger partial charge in [-0.1, -0.05) is 32.4 Å². The molecule has 0 heterocycles. The van der Waals surface area contributed by atoms with E-state index in [1.165, 1.54) is 0 Å². The van der Waals surface area contributed by atoms with Crippen LogP contribution in [0.5, 0.6) is 0 Å². The summed E-state index contributed by atoms with van der Waals surface area (Å²) in [4.78, 5) is 10.8. The second kappa shape index (κ2) is 14.5. The molecule has 0 aromatic carbocycles. The van der Waals surface area contributed by atoms with Gasteiger partial charge in [-0.2, -0.15) is 0 Å². The van der Waals surface area contributed by atoms with Crippen LogP contribution in [0.4, 0.5) is 0 Å². The van der Waals surface area contributed by atoms with Gasteiger partial charge in [0, 0.05) is 6.42 Å². The Bertz CT molecular complexity index is 220. The third kappa shape index (κ3) is 10.9. The quantitative estimate of drug-likeness (QED) is 0.261. The Labute approximate surface area is 120 Å². The SMILES string of the molecule is C=CCOC(=O)CCCCC.OCC(CO)(CO)CO. The minimum atomic E-state index is -1.11. The van der Waals surface area contributed by atoms with Gasteiger partial charge in [-0.3, -0.25) is 4.79 Å². The second-order valence-electron chi connectivity index (χ2n) is 4.56. The van der Waals surface area contributed by atoms with Crippen LogP contribution >= 0.6 is 0 Å². The number of esters is 1. The topological polar surface area (TPSA) is 107 Å². The molecule has 0 aliphatic carbocycles. The van der Waals surface area contributed by atoms with Crippen molar-refractivity contribution in [2.75, 3.05) is 33.0 Å². The zero-order valence-electron chi connectivity index (χ0n) is 12.3. The lowest BCUT2D eigenvalue weighted by molar-refractivity contribution is -0.142. The van der Waals surface area contributed by atoms with E-state index in [2.05, 4.69) is 13.5 Å². The van der Waals surface area contributed by atoms with Crippen LogP contribution in [0, 0.1) is 5.41 Å². The van der Waals surface area contributed by atoms with Crippen molar-refractivity contribution in [2.24, 2.45) is 5.41 Å². The maximum Gasteiger partial charge on any atom is 0.306 e. The van der Waals surface area contributed by atoms with E-state index in [-0.39, 0.29) is 5.97 Å². The van der Waals surface area contributed by atoms with Gasteiger partial charge in [0.25, 0.3) is 0 Å². The van der Waals surface area contributed by atoms with E-state index in [0.717, 1.165) is 19.3 Å². The molecule has 0 rings (SSSR count). The Morgan fingerprint density at radius 1 is 1.10 bits per heavy atom. The third-order valence-electron chi connectivity index (χ3n) is 2.69. The summed E-state index contributed by atoms with van der Waals surface area (Å²) in [6.07, 6.45) is 5.30. The number of hydrogen-bond acceptors (Lipinski definition) is 6. The molecule has 0 bridgehead atoms. The summed E-state index contributed by atoms with van der Waals surface area (Å²) in [6, 6.07) is 0. The number of hydrogen-bond donors (Lipinski definition) is 4. The van der Waals surface area contributed by atoms with Gasteiger partial charge in [-0.15, -0.1) is 0 Å². The first-order chi connectivity index (χ1) is 9.55. The molecule has 0 radical (unpaired) electrons. The van der Waals surface area contributed by atoms with Crippen LogP contribution in [-0.2, 0) is 9.53 Å². The van der Waals surface area contributed by atoms with Gasteiger partial charge in [0.2, 0.25) is 0 Å². The van der Waals surface area contributed by atoms with Crippen molar-refractivity contribution >= 4 is 5.97 Å². The molecule has 0 aromatic rings. The standard InChI is InChI=1S/C9H16O2.C5H12O4/c1-3-5-6-7-9(10)11-8-4-2;6-1-5(2-7,3-8)4-9/h4H,2-3,5-8H2,1H3;6-9H,1-4H2. The van der Waals surface area contributed by atoms with E-state index >= 15 is 0 Å². The minimum Gasteiger partial charge on any atom is -0.461 e. The van der Waals surface area contributed by atoms with E-state index in [0.29, 0.717) is 13.0 Å². The molecular weight excluding hydrogens is 264 g/mol. The fourth-order valence-corrected chi connectivity index (χ4v) is 1.04. The van der Waals surface area contributed by atoms with Gasteiger partial charge in [-0.05, 0) is 6.42 Å². The predicted octanol–water partition coefficient (Wildman–Crippen LogP) is 0.238. The molecule has 6 nitrogen and oxygen atoms in total. The summed E-state index contributed by atoms with van der Waals surface area (Å²) < 4.78 is 4.78. The Morgan fingerprint density at radius 3 is 1.90 bits per heavy atom. The highest BCUT2D eigenvalue weighted by atomic mass is 16.5. The summed E-state index contributed by atoms with van der Waals surface area (Å²) in [6.45, 7) is 4.27. The van der Waals surface area contributed by atoms with Crippen molar-refractivity contribution in [1.82, 2.24) is 0 Å². The Kier molecular flexibility index (Phi) is 15.4. The summed E-state index contributed by atoms with van der Waals surface area (Å²) in [5.74, 6) is -0.113. The van der Waals surface area contributed by atoms with Crippen LogP contribution in [0.2, 0.25) is 0 Å². The average molecular weight is 292 g/mol. The molecule has 120 valence electrons. The van der Waals surface area contributed by atoms with Gasteiger partial charge in [0.05, 0.1) is 31.8 Å². The lowest BCUT2D eigenvalue weighted by Gasteiger charge is -2.23. The zero-order valence-corrected chi connectivity index (χ0v) is 12.3. The average Bonchev–Trinajstić information content (AvgIpc) is 2.49. The largest absolute Gasteiger partial charge is 0.461 e. The van der Waals surface area contributed by atoms with Crippen molar-refractivity contribution in [3.8, 4) is 0 Å². The molecule has 0 unspecified atom stereocenters. The third-order valence-corrected chi connectivity index (χ3v) is 2.69. The lowest BCUT2D eigenvalue weighted by atomic mass is 9.93. The predicted molar refractivity (Wildman–Crippen MR) is 76.1 cm³/mol. The van der Waals surface area contributed by atoms with E-state index in [1.807, 2.05) is 0 Å². The van der Waals surface area contributed by atoms with Crippen molar-refractivity contribution in [3.05, 3.63) is 12.7 Å². The zero-order chi connectivity index (χ0) is 15.9.